The van der Waals surface area contributed by atoms with Crippen LogP contribution in [0.25, 0.3) is 32.7 Å². The van der Waals surface area contributed by atoms with Crippen molar-refractivity contribution in [3.05, 3.63) is 40.9 Å². The molecule has 31 heavy (non-hydrogen) atoms. The van der Waals surface area contributed by atoms with Gasteiger partial charge in [0, 0.05) is 48.7 Å². The van der Waals surface area contributed by atoms with Gasteiger partial charge in [-0.3, -0.25) is 4.68 Å². The van der Waals surface area contributed by atoms with Crippen molar-refractivity contribution in [1.82, 2.24) is 35.4 Å². The Morgan fingerprint density at radius 2 is 2.16 bits per heavy atom. The van der Waals surface area contributed by atoms with E-state index in [0.717, 1.165) is 57.0 Å². The van der Waals surface area contributed by atoms with E-state index in [9.17, 15) is 4.79 Å². The Morgan fingerprint density at radius 3 is 2.84 bits per heavy atom. The number of nitrogens with zero attached hydrogens (tertiary/aromatic N) is 4. The monoisotopic (exact) mass is 455 g/mol. The zero-order valence-corrected chi connectivity index (χ0v) is 18.8. The maximum absolute atomic E-state index is 12.2. The molecule has 1 fully saturated rings. The van der Waals surface area contributed by atoms with E-state index in [2.05, 4.69) is 30.7 Å². The normalized spacial score (nSPS) is 15.1. The standard InChI is InChI=1S/C21H22ClN7OS/c1-3-23-20(30)28-21(5-4-6-21)19-25-10-16(31-19)17-13-7-15(12-8-26-29(2)11-12)27-18(13)24-9-14(17)22/h7-11H,3-6H2,1-2H3,(H,24,27)(H2,23,28,30). The summed E-state index contributed by atoms with van der Waals surface area (Å²) >= 11 is 8.17. The van der Waals surface area contributed by atoms with Gasteiger partial charge in [-0.15, -0.1) is 11.3 Å². The lowest BCUT2D eigenvalue weighted by Crippen LogP contribution is -2.53. The number of fused-ring (bicyclic) bond motifs is 1. The van der Waals surface area contributed by atoms with Crippen LogP contribution in [0.5, 0.6) is 0 Å². The van der Waals surface area contributed by atoms with Crippen molar-refractivity contribution >= 4 is 40.0 Å². The molecule has 0 saturated heterocycles. The summed E-state index contributed by atoms with van der Waals surface area (Å²) < 4.78 is 1.76. The van der Waals surface area contributed by atoms with E-state index in [4.69, 9.17) is 11.6 Å². The molecule has 0 bridgehead atoms. The van der Waals surface area contributed by atoms with Gasteiger partial charge in [0.2, 0.25) is 0 Å². The number of amides is 2. The molecule has 10 heteroatoms. The molecular formula is C21H22ClN7OS. The SMILES string of the molecule is CCNC(=O)NC1(c2ncc(-c3c(Cl)cnc4[nH]c(-c5cnn(C)c5)cc34)s2)CCC1. The van der Waals surface area contributed by atoms with E-state index in [-0.39, 0.29) is 6.03 Å². The fraction of sp³-hybridized carbons (Fsp3) is 0.333. The van der Waals surface area contributed by atoms with Crippen molar-refractivity contribution in [2.45, 2.75) is 31.7 Å². The Labute approximate surface area is 188 Å². The fourth-order valence-electron chi connectivity index (χ4n) is 3.97. The van der Waals surface area contributed by atoms with Crippen LogP contribution in [0.4, 0.5) is 4.79 Å². The molecule has 1 aliphatic rings. The van der Waals surface area contributed by atoms with Crippen LogP contribution in [0.1, 0.15) is 31.2 Å². The third-order valence-corrected chi connectivity index (χ3v) is 7.19. The lowest BCUT2D eigenvalue weighted by molar-refractivity contribution is 0.177. The lowest BCUT2D eigenvalue weighted by atomic mass is 9.77. The summed E-state index contributed by atoms with van der Waals surface area (Å²) in [6.07, 6.45) is 10.1. The molecule has 0 aromatic carbocycles. The van der Waals surface area contributed by atoms with Gasteiger partial charge in [0.15, 0.2) is 0 Å². The molecule has 1 saturated carbocycles. The minimum Gasteiger partial charge on any atom is -0.339 e. The molecule has 0 unspecified atom stereocenters. The van der Waals surface area contributed by atoms with Gasteiger partial charge >= 0.3 is 6.03 Å². The largest absolute Gasteiger partial charge is 0.339 e. The Morgan fingerprint density at radius 1 is 1.32 bits per heavy atom. The molecule has 2 amide bonds. The molecule has 1 aliphatic carbocycles. The van der Waals surface area contributed by atoms with E-state index in [1.165, 1.54) is 0 Å². The first kappa shape index (κ1) is 20.0. The highest BCUT2D eigenvalue weighted by atomic mass is 35.5. The van der Waals surface area contributed by atoms with Crippen molar-refractivity contribution in [1.29, 1.82) is 0 Å². The van der Waals surface area contributed by atoms with Gasteiger partial charge in [0.05, 0.1) is 27.3 Å². The van der Waals surface area contributed by atoms with E-state index in [1.54, 1.807) is 22.2 Å². The third-order valence-electron chi connectivity index (χ3n) is 5.69. The first-order chi connectivity index (χ1) is 15.0. The molecule has 8 nitrogen and oxygen atoms in total. The molecule has 5 rings (SSSR count). The molecule has 3 N–H and O–H groups in total. The second kappa shape index (κ2) is 7.65. The van der Waals surface area contributed by atoms with Gasteiger partial charge in [0.1, 0.15) is 10.7 Å². The summed E-state index contributed by atoms with van der Waals surface area (Å²) in [4.78, 5) is 25.7. The maximum atomic E-state index is 12.2. The number of urea groups is 1. The quantitative estimate of drug-likeness (QED) is 0.414. The minimum atomic E-state index is -0.403. The molecule has 0 aliphatic heterocycles. The van der Waals surface area contributed by atoms with Crippen LogP contribution in [-0.4, -0.2) is 37.3 Å². The van der Waals surface area contributed by atoms with E-state index in [0.29, 0.717) is 11.6 Å². The van der Waals surface area contributed by atoms with Crippen molar-refractivity contribution in [2.24, 2.45) is 7.05 Å². The van der Waals surface area contributed by atoms with Gasteiger partial charge < -0.3 is 15.6 Å². The zero-order chi connectivity index (χ0) is 21.6. The van der Waals surface area contributed by atoms with Crippen LogP contribution >= 0.6 is 22.9 Å². The Hall–Kier alpha value is -2.91. The molecular weight excluding hydrogens is 434 g/mol. The second-order valence-corrected chi connectivity index (χ2v) is 9.22. The molecule has 4 aromatic heterocycles. The minimum absolute atomic E-state index is 0.157. The molecule has 4 heterocycles. The topological polar surface area (TPSA) is 101 Å². The van der Waals surface area contributed by atoms with Gasteiger partial charge in [-0.2, -0.15) is 5.10 Å². The number of aryl methyl sites for hydroxylation is 1. The first-order valence-electron chi connectivity index (χ1n) is 10.2. The number of hydrogen-bond donors (Lipinski definition) is 3. The fourth-order valence-corrected chi connectivity index (χ4v) is 5.47. The Kier molecular flexibility index (Phi) is 4.94. The molecule has 0 radical (unpaired) electrons. The van der Waals surface area contributed by atoms with Crippen molar-refractivity contribution in [3.8, 4) is 21.7 Å². The Balaban J connectivity index is 1.54. The summed E-state index contributed by atoms with van der Waals surface area (Å²) in [5.74, 6) is 0. The number of H-pyrrole nitrogens is 1. The summed E-state index contributed by atoms with van der Waals surface area (Å²) in [6.45, 7) is 2.49. The second-order valence-electron chi connectivity index (χ2n) is 7.78. The van der Waals surface area contributed by atoms with Crippen molar-refractivity contribution in [2.75, 3.05) is 6.54 Å². The number of pyridine rings is 1. The van der Waals surface area contributed by atoms with Gasteiger partial charge in [-0.05, 0) is 32.3 Å². The molecule has 0 atom stereocenters. The van der Waals surface area contributed by atoms with Crippen LogP contribution in [0.2, 0.25) is 5.02 Å². The predicted molar refractivity (Wildman–Crippen MR) is 122 cm³/mol. The number of aromatic amines is 1. The van der Waals surface area contributed by atoms with E-state index in [1.807, 2.05) is 38.6 Å². The zero-order valence-electron chi connectivity index (χ0n) is 17.2. The number of thiazole rings is 1. The van der Waals surface area contributed by atoms with Gasteiger partial charge in [0.25, 0.3) is 0 Å². The van der Waals surface area contributed by atoms with Crippen LogP contribution in [0.3, 0.4) is 0 Å². The van der Waals surface area contributed by atoms with Gasteiger partial charge in [-0.25, -0.2) is 14.8 Å². The highest BCUT2D eigenvalue weighted by Crippen LogP contribution is 2.46. The van der Waals surface area contributed by atoms with Crippen LogP contribution in [0, 0.1) is 0 Å². The van der Waals surface area contributed by atoms with Crippen molar-refractivity contribution < 1.29 is 4.79 Å². The lowest BCUT2D eigenvalue weighted by Gasteiger charge is -2.40. The maximum Gasteiger partial charge on any atom is 0.315 e. The number of rotatable bonds is 5. The number of carbonyl (C=O) groups excluding carboxylic acids is 1. The van der Waals surface area contributed by atoms with E-state index < -0.39 is 5.54 Å². The highest BCUT2D eigenvalue weighted by molar-refractivity contribution is 7.15. The van der Waals surface area contributed by atoms with Crippen LogP contribution in [-0.2, 0) is 12.6 Å². The highest BCUT2D eigenvalue weighted by Gasteiger charge is 2.42. The van der Waals surface area contributed by atoms with Crippen LogP contribution < -0.4 is 10.6 Å². The average molecular weight is 456 g/mol. The van der Waals surface area contributed by atoms with Crippen LogP contribution in [0.15, 0.2) is 30.9 Å². The number of aromatic nitrogens is 5. The van der Waals surface area contributed by atoms with E-state index >= 15 is 0 Å². The first-order valence-corrected chi connectivity index (χ1v) is 11.4. The summed E-state index contributed by atoms with van der Waals surface area (Å²) in [7, 11) is 1.89. The average Bonchev–Trinajstić information content (AvgIpc) is 3.44. The van der Waals surface area contributed by atoms with Crippen molar-refractivity contribution in [3.63, 3.8) is 0 Å². The number of carbonyl (C=O) groups is 1. The summed E-state index contributed by atoms with van der Waals surface area (Å²) in [5.41, 5.74) is 3.16. The summed E-state index contributed by atoms with van der Waals surface area (Å²) in [5, 5.41) is 12.6. The molecule has 0 spiro atoms. The summed E-state index contributed by atoms with van der Waals surface area (Å²) in [6, 6.07) is 1.89. The number of nitrogens with one attached hydrogen (secondary N) is 3. The van der Waals surface area contributed by atoms with Gasteiger partial charge in [-0.1, -0.05) is 11.6 Å². The number of hydrogen-bond acceptors (Lipinski definition) is 5. The molecule has 4 aromatic rings. The number of halogens is 1. The Bertz CT molecular complexity index is 1270. The smallest absolute Gasteiger partial charge is 0.315 e. The predicted octanol–water partition coefficient (Wildman–Crippen LogP) is 4.44. The molecule has 160 valence electrons. The third kappa shape index (κ3) is 3.47.